The molecular weight excluding hydrogens is 388 g/mol. The van der Waals surface area contributed by atoms with Crippen molar-refractivity contribution in [2.24, 2.45) is 0 Å². The number of benzene rings is 1. The molecule has 1 aromatic carbocycles. The molecule has 0 bridgehead atoms. The van der Waals surface area contributed by atoms with Crippen LogP contribution in [-0.2, 0) is 14.8 Å². The van der Waals surface area contributed by atoms with Crippen LogP contribution in [0.25, 0.3) is 11.0 Å². The van der Waals surface area contributed by atoms with Crippen molar-refractivity contribution in [3.05, 3.63) is 38.9 Å². The van der Waals surface area contributed by atoms with Gasteiger partial charge in [0, 0.05) is 26.2 Å². The minimum atomic E-state index is -3.82. The molecule has 28 heavy (non-hydrogen) atoms. The zero-order chi connectivity index (χ0) is 20.7. The first-order valence-electron chi connectivity index (χ1n) is 8.72. The highest BCUT2D eigenvalue weighted by Crippen LogP contribution is 2.21. The summed E-state index contributed by atoms with van der Waals surface area (Å²) in [6.07, 6.45) is -0.475. The first-order chi connectivity index (χ1) is 13.0. The summed E-state index contributed by atoms with van der Waals surface area (Å²) in [4.78, 5) is 41.2. The van der Waals surface area contributed by atoms with E-state index in [4.69, 9.17) is 4.74 Å². The molecule has 0 aliphatic carbocycles. The summed E-state index contributed by atoms with van der Waals surface area (Å²) < 4.78 is 32.4. The Morgan fingerprint density at radius 2 is 1.57 bits per heavy atom. The molecule has 1 saturated heterocycles. The van der Waals surface area contributed by atoms with E-state index < -0.39 is 32.8 Å². The number of hydrogen-bond donors (Lipinski definition) is 2. The maximum absolute atomic E-state index is 12.9. The summed E-state index contributed by atoms with van der Waals surface area (Å²) in [6, 6.07) is 4.10. The molecule has 3 rings (SSSR count). The highest BCUT2D eigenvalue weighted by atomic mass is 32.2. The van der Waals surface area contributed by atoms with Crippen LogP contribution in [0.5, 0.6) is 0 Å². The summed E-state index contributed by atoms with van der Waals surface area (Å²) >= 11 is 0. The number of aromatic amines is 2. The summed E-state index contributed by atoms with van der Waals surface area (Å²) in [7, 11) is -3.82. The molecule has 0 spiro atoms. The normalized spacial score (nSPS) is 16.3. The second-order valence-corrected chi connectivity index (χ2v) is 9.43. The molecule has 2 N–H and O–H groups in total. The smallest absolute Gasteiger partial charge is 0.410 e. The second kappa shape index (κ2) is 7.06. The van der Waals surface area contributed by atoms with Crippen molar-refractivity contribution in [3.63, 3.8) is 0 Å². The number of amides is 1. The molecule has 11 heteroatoms. The number of H-pyrrole nitrogens is 2. The number of ether oxygens (including phenoxy) is 1. The highest BCUT2D eigenvalue weighted by molar-refractivity contribution is 7.89. The first-order valence-corrected chi connectivity index (χ1v) is 10.2. The SMILES string of the molecule is CC(C)(C)OC(=O)N1CCN(S(=O)(=O)c2ccc3[nH]c(=O)c(=O)[nH]c3c2)CC1. The Morgan fingerprint density at radius 1 is 1.00 bits per heavy atom. The summed E-state index contributed by atoms with van der Waals surface area (Å²) in [5, 5.41) is 0. The van der Waals surface area contributed by atoms with Crippen LogP contribution in [0.4, 0.5) is 4.79 Å². The number of fused-ring (bicyclic) bond motifs is 1. The molecule has 0 unspecified atom stereocenters. The molecule has 1 aliphatic rings. The van der Waals surface area contributed by atoms with E-state index in [0.29, 0.717) is 5.52 Å². The summed E-state index contributed by atoms with van der Waals surface area (Å²) in [5.41, 5.74) is -1.73. The van der Waals surface area contributed by atoms with Crippen molar-refractivity contribution in [1.82, 2.24) is 19.2 Å². The summed E-state index contributed by atoms with van der Waals surface area (Å²) in [6.45, 7) is 5.98. The zero-order valence-electron chi connectivity index (χ0n) is 15.8. The molecular formula is C17H22N4O6S. The molecule has 0 saturated carbocycles. The van der Waals surface area contributed by atoms with Crippen LogP contribution in [0.1, 0.15) is 20.8 Å². The van der Waals surface area contributed by atoms with Crippen molar-refractivity contribution in [3.8, 4) is 0 Å². The fraction of sp³-hybridized carbons (Fsp3) is 0.471. The van der Waals surface area contributed by atoms with Crippen LogP contribution in [0.2, 0.25) is 0 Å². The van der Waals surface area contributed by atoms with E-state index in [2.05, 4.69) is 9.97 Å². The fourth-order valence-corrected chi connectivity index (χ4v) is 4.29. The number of sulfonamides is 1. The van der Waals surface area contributed by atoms with Crippen molar-refractivity contribution in [1.29, 1.82) is 0 Å². The molecule has 0 radical (unpaired) electrons. The van der Waals surface area contributed by atoms with Crippen molar-refractivity contribution >= 4 is 27.1 Å². The lowest BCUT2D eigenvalue weighted by Crippen LogP contribution is -2.51. The largest absolute Gasteiger partial charge is 0.444 e. The Hall–Kier alpha value is -2.66. The Balaban J connectivity index is 1.78. The third-order valence-corrected chi connectivity index (χ3v) is 6.12. The Labute approximate surface area is 161 Å². The van der Waals surface area contributed by atoms with E-state index in [0.717, 1.165) is 0 Å². The number of nitrogens with zero attached hydrogens (tertiary/aromatic N) is 2. The van der Waals surface area contributed by atoms with Crippen LogP contribution in [-0.4, -0.2) is 65.5 Å². The third-order valence-electron chi connectivity index (χ3n) is 4.22. The van der Waals surface area contributed by atoms with Gasteiger partial charge in [0.2, 0.25) is 10.0 Å². The van der Waals surface area contributed by atoms with Gasteiger partial charge in [-0.1, -0.05) is 0 Å². The predicted molar refractivity (Wildman–Crippen MR) is 102 cm³/mol. The monoisotopic (exact) mass is 410 g/mol. The van der Waals surface area contributed by atoms with Crippen LogP contribution in [0.15, 0.2) is 32.7 Å². The van der Waals surface area contributed by atoms with Gasteiger partial charge in [0.15, 0.2) is 0 Å². The van der Waals surface area contributed by atoms with Gasteiger partial charge >= 0.3 is 17.2 Å². The van der Waals surface area contributed by atoms with E-state index in [1.54, 1.807) is 20.8 Å². The molecule has 1 aliphatic heterocycles. The van der Waals surface area contributed by atoms with Crippen LogP contribution >= 0.6 is 0 Å². The van der Waals surface area contributed by atoms with Gasteiger partial charge in [-0.05, 0) is 39.0 Å². The predicted octanol–water partition coefficient (Wildman–Crippen LogP) is 0.458. The number of hydrogen-bond acceptors (Lipinski definition) is 6. The molecule has 152 valence electrons. The van der Waals surface area contributed by atoms with Crippen molar-refractivity contribution in [2.45, 2.75) is 31.3 Å². The van der Waals surface area contributed by atoms with Gasteiger partial charge in [-0.15, -0.1) is 0 Å². The number of carbonyl (C=O) groups excluding carboxylic acids is 1. The van der Waals surface area contributed by atoms with Crippen molar-refractivity contribution in [2.75, 3.05) is 26.2 Å². The molecule has 1 fully saturated rings. The average Bonchev–Trinajstić information content (AvgIpc) is 2.61. The lowest BCUT2D eigenvalue weighted by molar-refractivity contribution is 0.0192. The van der Waals surface area contributed by atoms with Crippen LogP contribution < -0.4 is 11.1 Å². The molecule has 1 amide bonds. The fourth-order valence-electron chi connectivity index (χ4n) is 2.84. The minimum Gasteiger partial charge on any atom is -0.444 e. The Kier molecular flexibility index (Phi) is 5.06. The second-order valence-electron chi connectivity index (χ2n) is 7.49. The summed E-state index contributed by atoms with van der Waals surface area (Å²) in [5.74, 6) is 0. The van der Waals surface area contributed by atoms with E-state index in [-0.39, 0.29) is 36.6 Å². The number of aromatic nitrogens is 2. The van der Waals surface area contributed by atoms with E-state index in [1.807, 2.05) is 0 Å². The van der Waals surface area contributed by atoms with Crippen LogP contribution in [0.3, 0.4) is 0 Å². The highest BCUT2D eigenvalue weighted by Gasteiger charge is 2.32. The number of nitrogens with one attached hydrogen (secondary N) is 2. The van der Waals surface area contributed by atoms with Gasteiger partial charge < -0.3 is 19.6 Å². The minimum absolute atomic E-state index is 0.00610. The molecule has 1 aromatic heterocycles. The molecule has 0 atom stereocenters. The molecule has 10 nitrogen and oxygen atoms in total. The number of piperazine rings is 1. The molecule has 2 aromatic rings. The van der Waals surface area contributed by atoms with Crippen molar-refractivity contribution < 1.29 is 17.9 Å². The quantitative estimate of drug-likeness (QED) is 0.691. The van der Waals surface area contributed by atoms with Gasteiger partial charge in [0.05, 0.1) is 15.9 Å². The zero-order valence-corrected chi connectivity index (χ0v) is 16.6. The van der Waals surface area contributed by atoms with Crippen LogP contribution in [0, 0.1) is 0 Å². The van der Waals surface area contributed by atoms with Gasteiger partial charge in [-0.3, -0.25) is 9.59 Å². The standard InChI is InChI=1S/C17H22N4O6S/c1-17(2,3)27-16(24)20-6-8-21(9-7-20)28(25,26)11-4-5-12-13(10-11)19-15(23)14(22)18-12/h4-5,10H,6-9H2,1-3H3,(H,18,22)(H,19,23). The van der Waals surface area contributed by atoms with Gasteiger partial charge in [0.25, 0.3) is 0 Å². The number of carbonyl (C=O) groups is 1. The Bertz CT molecular complexity index is 1120. The average molecular weight is 410 g/mol. The van der Waals surface area contributed by atoms with Gasteiger partial charge in [-0.2, -0.15) is 4.31 Å². The lowest BCUT2D eigenvalue weighted by Gasteiger charge is -2.35. The van der Waals surface area contributed by atoms with Gasteiger partial charge in [-0.25, -0.2) is 13.2 Å². The molecule has 2 heterocycles. The lowest BCUT2D eigenvalue weighted by atomic mass is 10.2. The third kappa shape index (κ3) is 4.09. The number of rotatable bonds is 2. The van der Waals surface area contributed by atoms with E-state index in [1.165, 1.54) is 27.4 Å². The Morgan fingerprint density at radius 3 is 2.14 bits per heavy atom. The maximum Gasteiger partial charge on any atom is 0.410 e. The maximum atomic E-state index is 12.9. The topological polar surface area (TPSA) is 133 Å². The van der Waals surface area contributed by atoms with E-state index >= 15 is 0 Å². The van der Waals surface area contributed by atoms with Gasteiger partial charge in [0.1, 0.15) is 5.60 Å². The first kappa shape index (κ1) is 20.1. The van der Waals surface area contributed by atoms with E-state index in [9.17, 15) is 22.8 Å².